The van der Waals surface area contributed by atoms with Gasteiger partial charge < -0.3 is 14.9 Å². The van der Waals surface area contributed by atoms with Crippen molar-refractivity contribution in [2.45, 2.75) is 32.0 Å². The molecule has 0 aromatic heterocycles. The molecule has 0 fully saturated rings. The molecule has 30 heavy (non-hydrogen) atoms. The van der Waals surface area contributed by atoms with Gasteiger partial charge in [0, 0.05) is 11.1 Å². The monoisotopic (exact) mass is 398 g/mol. The first-order valence-corrected chi connectivity index (χ1v) is 10.4. The smallest absolute Gasteiger partial charge is 0.196 e. The third-order valence-corrected chi connectivity index (χ3v) is 5.88. The highest BCUT2D eigenvalue weighted by molar-refractivity contribution is 5.68. The molecule has 4 nitrogen and oxygen atoms in total. The molecule has 3 aromatic rings. The van der Waals surface area contributed by atoms with Crippen molar-refractivity contribution in [1.82, 2.24) is 10.4 Å². The fraction of sp³-hybridized carbons (Fsp3) is 0.231. The molecule has 5 rings (SSSR count). The van der Waals surface area contributed by atoms with Crippen molar-refractivity contribution in [3.05, 3.63) is 101 Å². The maximum absolute atomic E-state index is 6.54. The van der Waals surface area contributed by atoms with E-state index in [0.717, 1.165) is 33.9 Å². The highest BCUT2D eigenvalue weighted by Crippen LogP contribution is 2.49. The Morgan fingerprint density at radius 1 is 0.933 bits per heavy atom. The molecule has 0 radical (unpaired) electrons. The summed E-state index contributed by atoms with van der Waals surface area (Å²) < 4.78 is 12.2. The largest absolute Gasteiger partial charge is 0.493 e. The van der Waals surface area contributed by atoms with Crippen molar-refractivity contribution in [1.29, 1.82) is 0 Å². The summed E-state index contributed by atoms with van der Waals surface area (Å²) in [4.78, 5) is 0. The fourth-order valence-electron chi connectivity index (χ4n) is 4.20. The van der Waals surface area contributed by atoms with E-state index in [-0.39, 0.29) is 12.3 Å². The van der Waals surface area contributed by atoms with Crippen LogP contribution in [0.4, 0.5) is 0 Å². The quantitative estimate of drug-likeness (QED) is 0.601. The summed E-state index contributed by atoms with van der Waals surface area (Å²) in [5.41, 5.74) is 9.37. The predicted molar refractivity (Wildman–Crippen MR) is 119 cm³/mol. The Bertz CT molecular complexity index is 1070. The Balaban J connectivity index is 1.59. The third kappa shape index (κ3) is 3.14. The number of methoxy groups -OCH3 is 1. The van der Waals surface area contributed by atoms with Crippen LogP contribution in [-0.4, -0.2) is 12.1 Å². The molecule has 1 N–H and O–H groups in total. The Labute approximate surface area is 177 Å². The Kier molecular flexibility index (Phi) is 4.72. The zero-order chi connectivity index (χ0) is 20.7. The number of hydrogen-bond donors (Lipinski definition) is 1. The molecule has 0 spiro atoms. The maximum Gasteiger partial charge on any atom is 0.196 e. The third-order valence-electron chi connectivity index (χ3n) is 5.88. The van der Waals surface area contributed by atoms with Crippen molar-refractivity contribution < 1.29 is 9.47 Å². The molecule has 152 valence electrons. The van der Waals surface area contributed by atoms with Gasteiger partial charge in [0.05, 0.1) is 18.8 Å². The molecule has 2 aliphatic rings. The molecule has 2 heterocycles. The van der Waals surface area contributed by atoms with Crippen LogP contribution in [0.25, 0.3) is 5.70 Å². The number of hydrazine groups is 1. The lowest BCUT2D eigenvalue weighted by molar-refractivity contribution is -0.0343. The molecule has 2 aliphatic heterocycles. The van der Waals surface area contributed by atoms with E-state index in [1.807, 2.05) is 18.2 Å². The minimum Gasteiger partial charge on any atom is -0.493 e. The minimum atomic E-state index is -0.266. The summed E-state index contributed by atoms with van der Waals surface area (Å²) in [5.74, 6) is 2.07. The van der Waals surface area contributed by atoms with E-state index in [2.05, 4.69) is 85.0 Å². The first kappa shape index (κ1) is 18.8. The van der Waals surface area contributed by atoms with Gasteiger partial charge in [-0.3, -0.25) is 0 Å². The highest BCUT2D eigenvalue weighted by atomic mass is 16.5. The van der Waals surface area contributed by atoms with Gasteiger partial charge in [0.2, 0.25) is 0 Å². The highest BCUT2D eigenvalue weighted by Gasteiger charge is 2.41. The summed E-state index contributed by atoms with van der Waals surface area (Å²) in [6.45, 7) is 4.42. The van der Waals surface area contributed by atoms with Gasteiger partial charge in [0.25, 0.3) is 0 Å². The van der Waals surface area contributed by atoms with Crippen molar-refractivity contribution in [3.8, 4) is 11.5 Å². The van der Waals surface area contributed by atoms with Gasteiger partial charge in [0.1, 0.15) is 0 Å². The number of fused-ring (bicyclic) bond motifs is 3. The Morgan fingerprint density at radius 3 is 2.40 bits per heavy atom. The number of nitrogens with one attached hydrogen (secondary N) is 1. The number of ether oxygens (including phenoxy) is 2. The normalized spacial score (nSPS) is 20.1. The fourth-order valence-corrected chi connectivity index (χ4v) is 4.20. The van der Waals surface area contributed by atoms with E-state index >= 15 is 0 Å². The first-order valence-electron chi connectivity index (χ1n) is 10.4. The Morgan fingerprint density at radius 2 is 1.70 bits per heavy atom. The minimum absolute atomic E-state index is 0.0498. The second-order valence-electron chi connectivity index (χ2n) is 8.08. The molecular weight excluding hydrogens is 372 g/mol. The maximum atomic E-state index is 6.54. The molecule has 0 saturated carbocycles. The molecule has 0 amide bonds. The molecule has 0 saturated heterocycles. The number of nitrogens with zero attached hydrogens (tertiary/aromatic N) is 1. The van der Waals surface area contributed by atoms with E-state index in [1.165, 1.54) is 5.56 Å². The van der Waals surface area contributed by atoms with Crippen molar-refractivity contribution in [2.75, 3.05) is 7.11 Å². The molecule has 4 heteroatoms. The van der Waals surface area contributed by atoms with Gasteiger partial charge in [-0.1, -0.05) is 80.6 Å². The summed E-state index contributed by atoms with van der Waals surface area (Å²) >= 11 is 0. The standard InChI is InChI=1S/C26H26N2O2/c1-17(2)18-12-14-20(15-13-18)26-28-23(16-22(27-28)19-8-5-4-6-9-19)21-10-7-11-24(29-3)25(21)30-26/h4-17,23,26-27H,1-3H3. The predicted octanol–water partition coefficient (Wildman–Crippen LogP) is 5.81. The first-order chi connectivity index (χ1) is 14.7. The van der Waals surface area contributed by atoms with Gasteiger partial charge in [-0.25, -0.2) is 0 Å². The van der Waals surface area contributed by atoms with Crippen LogP contribution in [0.5, 0.6) is 11.5 Å². The second kappa shape index (κ2) is 7.54. The van der Waals surface area contributed by atoms with Crippen LogP contribution in [0, 0.1) is 0 Å². The Hall–Kier alpha value is -3.24. The van der Waals surface area contributed by atoms with Gasteiger partial charge in [-0.05, 0) is 29.2 Å². The summed E-state index contributed by atoms with van der Waals surface area (Å²) in [5, 5.41) is 2.19. The lowest BCUT2D eigenvalue weighted by Gasteiger charge is -2.39. The number of rotatable bonds is 4. The van der Waals surface area contributed by atoms with E-state index in [9.17, 15) is 0 Å². The molecule has 3 aromatic carbocycles. The zero-order valence-electron chi connectivity index (χ0n) is 17.5. The van der Waals surface area contributed by atoms with Crippen LogP contribution in [0.3, 0.4) is 0 Å². The van der Waals surface area contributed by atoms with Gasteiger partial charge in [-0.15, -0.1) is 0 Å². The average molecular weight is 399 g/mol. The van der Waals surface area contributed by atoms with Crippen molar-refractivity contribution >= 4 is 5.70 Å². The topological polar surface area (TPSA) is 33.7 Å². The number of benzene rings is 3. The van der Waals surface area contributed by atoms with E-state index in [1.54, 1.807) is 7.11 Å². The van der Waals surface area contributed by atoms with Crippen LogP contribution < -0.4 is 14.9 Å². The average Bonchev–Trinajstić information content (AvgIpc) is 3.24. The van der Waals surface area contributed by atoms with Crippen LogP contribution >= 0.6 is 0 Å². The van der Waals surface area contributed by atoms with Crippen molar-refractivity contribution in [3.63, 3.8) is 0 Å². The van der Waals surface area contributed by atoms with Crippen LogP contribution in [0.1, 0.15) is 54.3 Å². The van der Waals surface area contributed by atoms with Gasteiger partial charge in [-0.2, -0.15) is 5.01 Å². The van der Waals surface area contributed by atoms with E-state index < -0.39 is 0 Å². The molecule has 0 bridgehead atoms. The van der Waals surface area contributed by atoms with E-state index in [4.69, 9.17) is 9.47 Å². The second-order valence-corrected chi connectivity index (χ2v) is 8.08. The SMILES string of the molecule is COc1cccc2c1OC(c1ccc(C(C)C)cc1)N1NC(c3ccccc3)=CC21. The number of para-hydroxylation sites is 1. The van der Waals surface area contributed by atoms with Crippen molar-refractivity contribution in [2.24, 2.45) is 0 Å². The molecular formula is C26H26N2O2. The molecule has 2 unspecified atom stereocenters. The molecule has 2 atom stereocenters. The summed E-state index contributed by atoms with van der Waals surface area (Å²) in [6, 6.07) is 25.3. The lowest BCUT2D eigenvalue weighted by atomic mass is 9.98. The van der Waals surface area contributed by atoms with Gasteiger partial charge >= 0.3 is 0 Å². The van der Waals surface area contributed by atoms with Crippen LogP contribution in [0.15, 0.2) is 78.9 Å². The number of hydrogen-bond acceptors (Lipinski definition) is 4. The summed E-state index contributed by atoms with van der Waals surface area (Å²) in [7, 11) is 1.69. The van der Waals surface area contributed by atoms with Gasteiger partial charge in [0.15, 0.2) is 17.7 Å². The summed E-state index contributed by atoms with van der Waals surface area (Å²) in [6.07, 6.45) is 2.00. The van der Waals surface area contributed by atoms with Crippen LogP contribution in [0.2, 0.25) is 0 Å². The zero-order valence-corrected chi connectivity index (χ0v) is 17.5. The molecule has 0 aliphatic carbocycles. The van der Waals surface area contributed by atoms with E-state index in [0.29, 0.717) is 5.92 Å². The van der Waals surface area contributed by atoms with Crippen LogP contribution in [-0.2, 0) is 0 Å². The lowest BCUT2D eigenvalue weighted by Crippen LogP contribution is -2.43.